The topological polar surface area (TPSA) is 71.5 Å². The van der Waals surface area contributed by atoms with Crippen LogP contribution in [0.3, 0.4) is 0 Å². The van der Waals surface area contributed by atoms with E-state index in [1.807, 2.05) is 24.3 Å². The fourth-order valence-corrected chi connectivity index (χ4v) is 5.03. The van der Waals surface area contributed by atoms with Crippen molar-refractivity contribution in [1.82, 2.24) is 9.88 Å². The molecule has 30 heavy (non-hydrogen) atoms. The number of benzene rings is 2. The van der Waals surface area contributed by atoms with Gasteiger partial charge in [0.25, 0.3) is 5.91 Å². The Bertz CT molecular complexity index is 1190. The van der Waals surface area contributed by atoms with Crippen molar-refractivity contribution in [1.29, 1.82) is 0 Å². The first kappa shape index (κ1) is 20.8. The number of aromatic nitrogens is 1. The summed E-state index contributed by atoms with van der Waals surface area (Å²) in [5.74, 6) is 0.0447. The van der Waals surface area contributed by atoms with Gasteiger partial charge in [0.15, 0.2) is 5.13 Å². The lowest BCUT2D eigenvalue weighted by Gasteiger charge is -2.13. The molecule has 10 heteroatoms. The van der Waals surface area contributed by atoms with Crippen LogP contribution >= 0.6 is 46.9 Å². The molecule has 2 amide bonds. The Morgan fingerprint density at radius 3 is 2.80 bits per heavy atom. The largest absolute Gasteiger partial charge is 0.497 e. The van der Waals surface area contributed by atoms with E-state index >= 15 is 0 Å². The number of amides is 2. The van der Waals surface area contributed by atoms with Gasteiger partial charge in [0.2, 0.25) is 5.91 Å². The van der Waals surface area contributed by atoms with Gasteiger partial charge in [-0.2, -0.15) is 0 Å². The number of anilines is 1. The summed E-state index contributed by atoms with van der Waals surface area (Å²) < 4.78 is 6.43. The van der Waals surface area contributed by atoms with Gasteiger partial charge < -0.3 is 10.1 Å². The highest BCUT2D eigenvalue weighted by Crippen LogP contribution is 2.33. The average Bonchev–Trinajstić information content (AvgIpc) is 3.24. The van der Waals surface area contributed by atoms with Crippen molar-refractivity contribution < 1.29 is 14.3 Å². The first-order valence-corrected chi connectivity index (χ1v) is 11.1. The van der Waals surface area contributed by atoms with E-state index in [1.165, 1.54) is 28.0 Å². The summed E-state index contributed by atoms with van der Waals surface area (Å²) in [4.78, 5) is 31.3. The Morgan fingerprint density at radius 1 is 1.30 bits per heavy atom. The Labute approximate surface area is 190 Å². The van der Waals surface area contributed by atoms with Gasteiger partial charge in [0.1, 0.15) is 16.6 Å². The molecule has 0 radical (unpaired) electrons. The third-order valence-corrected chi connectivity index (χ3v) is 6.75. The molecule has 0 saturated carbocycles. The molecule has 6 nitrogen and oxygen atoms in total. The normalized spacial score (nSPS) is 15.3. The number of ether oxygens (including phenoxy) is 1. The summed E-state index contributed by atoms with van der Waals surface area (Å²) in [7, 11) is 1.59. The van der Waals surface area contributed by atoms with Crippen molar-refractivity contribution in [3.8, 4) is 5.75 Å². The molecule has 1 aliphatic rings. The molecule has 1 fully saturated rings. The lowest BCUT2D eigenvalue weighted by Crippen LogP contribution is -2.36. The average molecular weight is 476 g/mol. The Balaban J connectivity index is 1.44. The van der Waals surface area contributed by atoms with Crippen LogP contribution < -0.4 is 10.1 Å². The van der Waals surface area contributed by atoms with E-state index < -0.39 is 0 Å². The molecule has 2 aromatic carbocycles. The Kier molecular flexibility index (Phi) is 6.05. The molecule has 1 aromatic heterocycles. The van der Waals surface area contributed by atoms with Gasteiger partial charge in [-0.15, -0.1) is 0 Å². The minimum atomic E-state index is -0.370. The van der Waals surface area contributed by atoms with Crippen LogP contribution in [0.15, 0.2) is 47.4 Å². The number of nitrogens with one attached hydrogen (secondary N) is 1. The molecule has 1 aliphatic heterocycles. The van der Waals surface area contributed by atoms with Crippen LogP contribution in [0.2, 0.25) is 5.02 Å². The van der Waals surface area contributed by atoms with E-state index in [-0.39, 0.29) is 18.4 Å². The van der Waals surface area contributed by atoms with E-state index in [4.69, 9.17) is 28.6 Å². The van der Waals surface area contributed by atoms with E-state index in [9.17, 15) is 9.59 Å². The van der Waals surface area contributed by atoms with Gasteiger partial charge in [-0.05, 0) is 42.0 Å². The van der Waals surface area contributed by atoms with Crippen LogP contribution in [0, 0.1) is 0 Å². The molecule has 0 aliphatic carbocycles. The number of nitrogens with zero attached hydrogens (tertiary/aromatic N) is 2. The van der Waals surface area contributed by atoms with Crippen molar-refractivity contribution in [2.24, 2.45) is 0 Å². The number of hydrogen-bond donors (Lipinski definition) is 1. The predicted octanol–water partition coefficient (Wildman–Crippen LogP) is 4.80. The van der Waals surface area contributed by atoms with Gasteiger partial charge in [0.05, 0.1) is 22.2 Å². The van der Waals surface area contributed by atoms with Crippen molar-refractivity contribution in [2.75, 3.05) is 19.0 Å². The summed E-state index contributed by atoms with van der Waals surface area (Å²) in [6.45, 7) is -0.179. The standard InChI is InChI=1S/C20H14ClN3O3S3/c1-27-13-6-7-14-15(9-13)29-19(22-14)23-17(25)10-24-18(26)16(30-20(24)28)8-11-2-4-12(21)5-3-11/h2-9H,10H2,1H3,(H,22,23,25)/b16-8-. The number of hydrogen-bond acceptors (Lipinski definition) is 7. The second-order valence-electron chi connectivity index (χ2n) is 6.22. The van der Waals surface area contributed by atoms with Crippen LogP contribution in [0.25, 0.3) is 16.3 Å². The quantitative estimate of drug-likeness (QED) is 0.422. The highest BCUT2D eigenvalue weighted by Gasteiger charge is 2.33. The van der Waals surface area contributed by atoms with Crippen molar-refractivity contribution in [3.05, 3.63) is 58.0 Å². The van der Waals surface area contributed by atoms with Crippen LogP contribution in [0.1, 0.15) is 5.56 Å². The van der Waals surface area contributed by atoms with Gasteiger partial charge in [-0.3, -0.25) is 14.5 Å². The molecule has 0 bridgehead atoms. The minimum Gasteiger partial charge on any atom is -0.497 e. The van der Waals surface area contributed by atoms with Gasteiger partial charge in [-0.25, -0.2) is 4.98 Å². The zero-order chi connectivity index (χ0) is 21.3. The van der Waals surface area contributed by atoms with Gasteiger partial charge in [0, 0.05) is 5.02 Å². The summed E-state index contributed by atoms with van der Waals surface area (Å²) in [5, 5.41) is 3.80. The van der Waals surface area contributed by atoms with E-state index in [2.05, 4.69) is 10.3 Å². The molecule has 0 atom stereocenters. The maximum absolute atomic E-state index is 12.7. The third-order valence-electron chi connectivity index (χ3n) is 4.19. The number of fused-ring (bicyclic) bond motifs is 1. The van der Waals surface area contributed by atoms with E-state index in [0.29, 0.717) is 25.1 Å². The smallest absolute Gasteiger partial charge is 0.266 e. The summed E-state index contributed by atoms with van der Waals surface area (Å²) in [5.41, 5.74) is 1.59. The second kappa shape index (κ2) is 8.73. The number of carbonyl (C=O) groups is 2. The fourth-order valence-electron chi connectivity index (χ4n) is 2.73. The molecular weight excluding hydrogens is 462 g/mol. The van der Waals surface area contributed by atoms with Gasteiger partial charge in [-0.1, -0.05) is 59.1 Å². The molecular formula is C20H14ClN3O3S3. The van der Waals surface area contributed by atoms with E-state index in [0.717, 1.165) is 15.8 Å². The molecule has 0 unspecified atom stereocenters. The highest BCUT2D eigenvalue weighted by atomic mass is 35.5. The first-order valence-electron chi connectivity index (χ1n) is 8.68. The van der Waals surface area contributed by atoms with Crippen LogP contribution in [0.5, 0.6) is 5.75 Å². The number of rotatable bonds is 5. The van der Waals surface area contributed by atoms with Gasteiger partial charge >= 0.3 is 0 Å². The maximum Gasteiger partial charge on any atom is 0.266 e. The highest BCUT2D eigenvalue weighted by molar-refractivity contribution is 8.26. The van der Waals surface area contributed by atoms with Crippen LogP contribution in [0.4, 0.5) is 5.13 Å². The molecule has 4 rings (SSSR count). The van der Waals surface area contributed by atoms with E-state index in [1.54, 1.807) is 31.4 Å². The summed E-state index contributed by atoms with van der Waals surface area (Å²) in [6, 6.07) is 12.6. The molecule has 1 N–H and O–H groups in total. The number of carbonyl (C=O) groups excluding carboxylic acids is 2. The number of thiocarbonyl (C=S) groups is 1. The first-order chi connectivity index (χ1) is 14.4. The van der Waals surface area contributed by atoms with Crippen molar-refractivity contribution in [3.63, 3.8) is 0 Å². The lowest BCUT2D eigenvalue weighted by atomic mass is 10.2. The summed E-state index contributed by atoms with van der Waals surface area (Å²) >= 11 is 13.7. The maximum atomic E-state index is 12.7. The SMILES string of the molecule is COc1ccc2nc(NC(=O)CN3C(=O)/C(=C/c4ccc(Cl)cc4)SC3=S)sc2c1. The second-order valence-corrected chi connectivity index (χ2v) is 9.36. The number of thioether (sulfide) groups is 1. The fraction of sp³-hybridized carbons (Fsp3) is 0.100. The monoisotopic (exact) mass is 475 g/mol. The Hall–Kier alpha value is -2.46. The molecule has 1 saturated heterocycles. The Morgan fingerprint density at radius 2 is 2.07 bits per heavy atom. The third kappa shape index (κ3) is 4.49. The zero-order valence-electron chi connectivity index (χ0n) is 15.5. The summed E-state index contributed by atoms with van der Waals surface area (Å²) in [6.07, 6.45) is 1.73. The lowest BCUT2D eigenvalue weighted by molar-refractivity contribution is -0.126. The number of methoxy groups -OCH3 is 1. The van der Waals surface area contributed by atoms with Crippen molar-refractivity contribution >= 4 is 84.5 Å². The number of halogens is 1. The molecule has 0 spiro atoms. The van der Waals surface area contributed by atoms with Crippen LogP contribution in [-0.4, -0.2) is 39.7 Å². The van der Waals surface area contributed by atoms with Crippen LogP contribution in [-0.2, 0) is 9.59 Å². The molecule has 2 heterocycles. The van der Waals surface area contributed by atoms with Crippen molar-refractivity contribution in [2.45, 2.75) is 0 Å². The number of thiazole rings is 1. The molecule has 3 aromatic rings. The molecule has 152 valence electrons. The minimum absolute atomic E-state index is 0.179. The zero-order valence-corrected chi connectivity index (χ0v) is 18.8. The predicted molar refractivity (Wildman–Crippen MR) is 126 cm³/mol.